The second-order valence-electron chi connectivity index (χ2n) is 7.51. The Balaban J connectivity index is 1.59. The Labute approximate surface area is 185 Å². The van der Waals surface area contributed by atoms with Gasteiger partial charge in [0.2, 0.25) is 5.88 Å². The summed E-state index contributed by atoms with van der Waals surface area (Å²) in [7, 11) is 0. The Morgan fingerprint density at radius 3 is 2.71 bits per heavy atom. The topological polar surface area (TPSA) is 94.6 Å². The Morgan fingerprint density at radius 1 is 1.19 bits per heavy atom. The van der Waals surface area contributed by atoms with Crippen molar-refractivity contribution in [3.8, 4) is 23.4 Å². The molecule has 0 radical (unpaired) electrons. The van der Waals surface area contributed by atoms with E-state index >= 15 is 0 Å². The molecule has 1 fully saturated rings. The largest absolute Gasteiger partial charge is 0.491 e. The number of nitrogens with one attached hydrogen (secondary N) is 1. The first-order valence-corrected chi connectivity index (χ1v) is 10.7. The third kappa shape index (κ3) is 5.36. The number of halogens is 1. The number of H-pyrrole nitrogens is 1. The summed E-state index contributed by atoms with van der Waals surface area (Å²) in [5, 5.41) is 7.92. The average molecular weight is 448 g/mol. The van der Waals surface area contributed by atoms with Gasteiger partial charge in [-0.05, 0) is 32.9 Å². The summed E-state index contributed by atoms with van der Waals surface area (Å²) < 4.78 is 23.0. The van der Waals surface area contributed by atoms with Gasteiger partial charge in [-0.1, -0.05) is 11.6 Å². The second-order valence-corrected chi connectivity index (χ2v) is 7.88. The van der Waals surface area contributed by atoms with Crippen LogP contribution < -0.4 is 14.2 Å². The van der Waals surface area contributed by atoms with Crippen LogP contribution >= 0.6 is 11.6 Å². The molecule has 0 atom stereocenters. The van der Waals surface area contributed by atoms with Crippen LogP contribution in [0.1, 0.15) is 19.7 Å². The molecule has 3 aromatic rings. The number of pyridine rings is 1. The molecule has 9 nitrogen and oxygen atoms in total. The molecule has 0 saturated carbocycles. The zero-order valence-electron chi connectivity index (χ0n) is 17.9. The van der Waals surface area contributed by atoms with Crippen molar-refractivity contribution in [2.75, 3.05) is 39.5 Å². The summed E-state index contributed by atoms with van der Waals surface area (Å²) in [6, 6.07) is 5.63. The molecule has 1 saturated heterocycles. The molecular weight excluding hydrogens is 422 g/mol. The van der Waals surface area contributed by atoms with Crippen LogP contribution in [0.15, 0.2) is 18.2 Å². The van der Waals surface area contributed by atoms with Crippen LogP contribution in [0.5, 0.6) is 23.4 Å². The third-order valence-electron chi connectivity index (χ3n) is 4.73. The first kappa shape index (κ1) is 21.6. The van der Waals surface area contributed by atoms with Crippen molar-refractivity contribution >= 4 is 22.5 Å². The molecule has 1 aliphatic rings. The summed E-state index contributed by atoms with van der Waals surface area (Å²) in [6.07, 6.45) is -0.0348. The highest BCUT2D eigenvalue weighted by atomic mass is 35.5. The quantitative estimate of drug-likeness (QED) is 0.559. The lowest BCUT2D eigenvalue weighted by molar-refractivity contribution is 0.0322. The predicted octanol–water partition coefficient (Wildman–Crippen LogP) is 3.61. The van der Waals surface area contributed by atoms with Gasteiger partial charge in [-0.25, -0.2) is 4.98 Å². The monoisotopic (exact) mass is 447 g/mol. The van der Waals surface area contributed by atoms with Gasteiger partial charge in [0.1, 0.15) is 34.5 Å². The molecule has 4 rings (SSSR count). The number of morpholine rings is 1. The summed E-state index contributed by atoms with van der Waals surface area (Å²) in [5.41, 5.74) is 0.533. The number of fused-ring (bicyclic) bond motifs is 1. The molecule has 0 bridgehead atoms. The van der Waals surface area contributed by atoms with Crippen molar-refractivity contribution in [1.82, 2.24) is 25.1 Å². The lowest BCUT2D eigenvalue weighted by atomic mass is 10.2. The van der Waals surface area contributed by atoms with E-state index in [1.165, 1.54) is 0 Å². The van der Waals surface area contributed by atoms with Crippen LogP contribution in [0.25, 0.3) is 10.9 Å². The normalized spacial score (nSPS) is 14.9. The molecule has 0 unspecified atom stereocenters. The lowest BCUT2D eigenvalue weighted by Gasteiger charge is -2.26. The van der Waals surface area contributed by atoms with E-state index in [9.17, 15) is 0 Å². The minimum absolute atomic E-state index is 0.0348. The smallest absolute Gasteiger partial charge is 0.342 e. The van der Waals surface area contributed by atoms with E-state index in [4.69, 9.17) is 30.5 Å². The predicted molar refractivity (Wildman–Crippen MR) is 116 cm³/mol. The van der Waals surface area contributed by atoms with Gasteiger partial charge in [0.25, 0.3) is 0 Å². The van der Waals surface area contributed by atoms with Gasteiger partial charge in [-0.15, -0.1) is 5.10 Å². The van der Waals surface area contributed by atoms with Crippen LogP contribution in [0, 0.1) is 6.92 Å². The zero-order chi connectivity index (χ0) is 21.8. The van der Waals surface area contributed by atoms with Crippen molar-refractivity contribution in [2.24, 2.45) is 0 Å². The summed E-state index contributed by atoms with van der Waals surface area (Å²) in [4.78, 5) is 11.0. The third-order valence-corrected chi connectivity index (χ3v) is 5.09. The number of rotatable bonds is 8. The molecular formula is C21H26ClN5O4. The minimum Gasteiger partial charge on any atom is -0.491 e. The van der Waals surface area contributed by atoms with Crippen LogP contribution in [0.4, 0.5) is 0 Å². The van der Waals surface area contributed by atoms with Crippen LogP contribution in [-0.4, -0.2) is 70.6 Å². The van der Waals surface area contributed by atoms with Gasteiger partial charge >= 0.3 is 6.01 Å². The molecule has 10 heteroatoms. The second kappa shape index (κ2) is 9.67. The van der Waals surface area contributed by atoms with E-state index in [1.54, 1.807) is 13.0 Å². The van der Waals surface area contributed by atoms with E-state index in [0.717, 1.165) is 38.2 Å². The van der Waals surface area contributed by atoms with Crippen molar-refractivity contribution in [3.63, 3.8) is 0 Å². The molecule has 0 spiro atoms. The average Bonchev–Trinajstić information content (AvgIpc) is 3.15. The van der Waals surface area contributed by atoms with E-state index in [-0.39, 0.29) is 18.0 Å². The highest BCUT2D eigenvalue weighted by molar-refractivity contribution is 6.36. The van der Waals surface area contributed by atoms with Crippen LogP contribution in [0.2, 0.25) is 5.02 Å². The number of ether oxygens (including phenoxy) is 4. The maximum absolute atomic E-state index is 6.68. The molecule has 0 amide bonds. The SMILES string of the molecule is Cc1nc(Oc2cc(OC(C)C)c3ccc(OCCN4CCOCC4)c(Cl)c3n2)n[nH]1. The summed E-state index contributed by atoms with van der Waals surface area (Å²) in [5.74, 6) is 2.11. The van der Waals surface area contributed by atoms with E-state index in [2.05, 4.69) is 25.1 Å². The van der Waals surface area contributed by atoms with Crippen LogP contribution in [0.3, 0.4) is 0 Å². The van der Waals surface area contributed by atoms with Gasteiger partial charge in [0, 0.05) is 31.1 Å². The standard InChI is InChI=1S/C21H26ClN5O4/c1-13(2)30-17-12-18(31-21-23-14(3)25-26-21)24-20-15(17)4-5-16(19(20)22)29-11-8-27-6-9-28-10-7-27/h4-5,12-13H,6-11H2,1-3H3,(H,23,25,26). The first-order valence-electron chi connectivity index (χ1n) is 10.3. The van der Waals surface area contributed by atoms with Crippen molar-refractivity contribution in [3.05, 3.63) is 29.0 Å². The fourth-order valence-corrected chi connectivity index (χ4v) is 3.53. The van der Waals surface area contributed by atoms with Gasteiger partial charge in [0.15, 0.2) is 0 Å². The van der Waals surface area contributed by atoms with E-state index < -0.39 is 0 Å². The fraction of sp³-hybridized carbons (Fsp3) is 0.476. The molecule has 166 valence electrons. The number of hydrogen-bond acceptors (Lipinski definition) is 8. The Kier molecular flexibility index (Phi) is 6.74. The highest BCUT2D eigenvalue weighted by Gasteiger charge is 2.17. The molecule has 3 heterocycles. The van der Waals surface area contributed by atoms with Crippen molar-refractivity contribution in [2.45, 2.75) is 26.9 Å². The van der Waals surface area contributed by atoms with E-state index in [1.807, 2.05) is 26.0 Å². The van der Waals surface area contributed by atoms with Crippen molar-refractivity contribution < 1.29 is 18.9 Å². The fourth-order valence-electron chi connectivity index (χ4n) is 3.27. The van der Waals surface area contributed by atoms with Gasteiger partial charge < -0.3 is 18.9 Å². The number of aryl methyl sites for hydroxylation is 1. The Hall–Kier alpha value is -2.62. The Bertz CT molecular complexity index is 1040. The number of hydrogen-bond donors (Lipinski definition) is 1. The molecule has 1 aliphatic heterocycles. The molecule has 31 heavy (non-hydrogen) atoms. The zero-order valence-corrected chi connectivity index (χ0v) is 18.6. The number of aromatic nitrogens is 4. The number of nitrogens with zero attached hydrogens (tertiary/aromatic N) is 4. The molecule has 2 aromatic heterocycles. The minimum atomic E-state index is -0.0348. The van der Waals surface area contributed by atoms with Gasteiger partial charge in [-0.2, -0.15) is 4.98 Å². The van der Waals surface area contributed by atoms with E-state index in [0.29, 0.717) is 34.5 Å². The summed E-state index contributed by atoms with van der Waals surface area (Å²) >= 11 is 6.68. The maximum Gasteiger partial charge on any atom is 0.342 e. The summed E-state index contributed by atoms with van der Waals surface area (Å²) in [6.45, 7) is 10.4. The molecule has 1 aromatic carbocycles. The number of aromatic amines is 1. The van der Waals surface area contributed by atoms with Crippen LogP contribution in [-0.2, 0) is 4.74 Å². The van der Waals surface area contributed by atoms with Crippen molar-refractivity contribution in [1.29, 1.82) is 0 Å². The van der Waals surface area contributed by atoms with Gasteiger partial charge in [-0.3, -0.25) is 10.00 Å². The Morgan fingerprint density at radius 2 is 2.00 bits per heavy atom. The maximum atomic E-state index is 6.68. The molecule has 0 aliphatic carbocycles. The highest BCUT2D eigenvalue weighted by Crippen LogP contribution is 2.38. The first-order chi connectivity index (χ1) is 15.0. The van der Waals surface area contributed by atoms with Gasteiger partial charge in [0.05, 0.1) is 19.3 Å². The lowest BCUT2D eigenvalue weighted by Crippen LogP contribution is -2.38. The number of benzene rings is 1. The molecule has 1 N–H and O–H groups in total.